The lowest BCUT2D eigenvalue weighted by molar-refractivity contribution is -0.390. The second-order valence-corrected chi connectivity index (χ2v) is 6.22. The molecule has 9 heteroatoms. The van der Waals surface area contributed by atoms with Crippen LogP contribution in [0.3, 0.4) is 0 Å². The molecule has 3 rings (SSSR count). The molecule has 1 unspecified atom stereocenters. The Morgan fingerprint density at radius 2 is 2.11 bits per heavy atom. The number of aromatic nitrogens is 1. The third-order valence-corrected chi connectivity index (χ3v) is 4.64. The van der Waals surface area contributed by atoms with Crippen LogP contribution in [0, 0.1) is 10.1 Å². The first-order valence-corrected chi connectivity index (χ1v) is 8.78. The van der Waals surface area contributed by atoms with E-state index in [1.807, 2.05) is 12.1 Å². The van der Waals surface area contributed by atoms with E-state index in [4.69, 9.17) is 14.2 Å². The maximum atomic E-state index is 12.8. The Kier molecular flexibility index (Phi) is 5.93. The van der Waals surface area contributed by atoms with Gasteiger partial charge in [-0.15, -0.1) is 0 Å². The fourth-order valence-electron chi connectivity index (χ4n) is 3.34. The van der Waals surface area contributed by atoms with Crippen LogP contribution in [-0.2, 0) is 4.79 Å². The van der Waals surface area contributed by atoms with E-state index in [0.29, 0.717) is 18.0 Å². The van der Waals surface area contributed by atoms with E-state index in [0.717, 1.165) is 18.4 Å². The van der Waals surface area contributed by atoms with Crippen LogP contribution in [0.4, 0.5) is 5.82 Å². The molecule has 9 nitrogen and oxygen atoms in total. The van der Waals surface area contributed by atoms with Crippen LogP contribution in [0.5, 0.6) is 17.2 Å². The first-order valence-electron chi connectivity index (χ1n) is 8.78. The van der Waals surface area contributed by atoms with Gasteiger partial charge in [-0.05, 0) is 53.1 Å². The molecule has 1 amide bonds. The van der Waals surface area contributed by atoms with Crippen LogP contribution < -0.4 is 14.2 Å². The number of ether oxygens (including phenoxy) is 3. The van der Waals surface area contributed by atoms with Gasteiger partial charge in [-0.1, -0.05) is 0 Å². The molecule has 1 aliphatic heterocycles. The largest absolute Gasteiger partial charge is 0.497 e. The number of rotatable bonds is 7. The van der Waals surface area contributed by atoms with Crippen LogP contribution in [0.2, 0.25) is 0 Å². The molecule has 1 aromatic heterocycles. The maximum absolute atomic E-state index is 12.8. The first kappa shape index (κ1) is 19.4. The molecule has 2 heterocycles. The summed E-state index contributed by atoms with van der Waals surface area (Å²) in [6.45, 7) is 0.262. The highest BCUT2D eigenvalue weighted by atomic mass is 16.6. The van der Waals surface area contributed by atoms with Gasteiger partial charge in [0.1, 0.15) is 17.7 Å². The van der Waals surface area contributed by atoms with Crippen molar-refractivity contribution in [2.75, 3.05) is 27.4 Å². The van der Waals surface area contributed by atoms with Gasteiger partial charge in [0.2, 0.25) is 5.75 Å². The average Bonchev–Trinajstić information content (AvgIpc) is 3.21. The Bertz CT molecular complexity index is 872. The van der Waals surface area contributed by atoms with Crippen LogP contribution in [0.1, 0.15) is 24.4 Å². The summed E-state index contributed by atoms with van der Waals surface area (Å²) in [7, 11) is 3.16. The Labute approximate surface area is 162 Å². The molecule has 0 aliphatic carbocycles. The fourth-order valence-corrected chi connectivity index (χ4v) is 3.34. The molecular formula is C19H21N3O6. The van der Waals surface area contributed by atoms with Gasteiger partial charge < -0.3 is 29.2 Å². The number of amides is 1. The number of likely N-dealkylation sites (tertiary alicyclic amines) is 1. The van der Waals surface area contributed by atoms with Crippen LogP contribution in [0.25, 0.3) is 0 Å². The van der Waals surface area contributed by atoms with E-state index in [9.17, 15) is 14.9 Å². The van der Waals surface area contributed by atoms with Crippen molar-refractivity contribution < 1.29 is 23.9 Å². The third kappa shape index (κ3) is 3.98. The smallest absolute Gasteiger partial charge is 0.406 e. The van der Waals surface area contributed by atoms with Gasteiger partial charge in [-0.25, -0.2) is 0 Å². The number of pyridine rings is 1. The van der Waals surface area contributed by atoms with E-state index in [1.165, 1.54) is 18.3 Å². The molecule has 1 fully saturated rings. The summed E-state index contributed by atoms with van der Waals surface area (Å²) in [6, 6.07) is 8.24. The highest BCUT2D eigenvalue weighted by molar-refractivity contribution is 5.79. The van der Waals surface area contributed by atoms with Crippen molar-refractivity contribution in [2.24, 2.45) is 0 Å². The lowest BCUT2D eigenvalue weighted by Crippen LogP contribution is -2.34. The van der Waals surface area contributed by atoms with Crippen LogP contribution >= 0.6 is 0 Å². The third-order valence-electron chi connectivity index (χ3n) is 4.64. The highest BCUT2D eigenvalue weighted by Crippen LogP contribution is 2.39. The van der Waals surface area contributed by atoms with E-state index >= 15 is 0 Å². The predicted molar refractivity (Wildman–Crippen MR) is 99.6 cm³/mol. The number of hydrogen-bond acceptors (Lipinski definition) is 7. The van der Waals surface area contributed by atoms with Gasteiger partial charge in [0, 0.05) is 12.1 Å². The normalized spacial score (nSPS) is 15.9. The quantitative estimate of drug-likeness (QED) is 0.531. The Morgan fingerprint density at radius 3 is 2.82 bits per heavy atom. The molecule has 1 atom stereocenters. The average molecular weight is 387 g/mol. The number of nitro groups is 1. The Morgan fingerprint density at radius 1 is 1.29 bits per heavy atom. The van der Waals surface area contributed by atoms with Gasteiger partial charge in [0.15, 0.2) is 6.61 Å². The van der Waals surface area contributed by atoms with Crippen molar-refractivity contribution in [3.8, 4) is 17.2 Å². The van der Waals surface area contributed by atoms with Crippen molar-refractivity contribution in [1.82, 2.24) is 9.88 Å². The molecule has 148 valence electrons. The summed E-state index contributed by atoms with van der Waals surface area (Å²) >= 11 is 0. The number of hydrogen-bond donors (Lipinski definition) is 0. The summed E-state index contributed by atoms with van der Waals surface area (Å²) < 4.78 is 16.2. The van der Waals surface area contributed by atoms with Crippen molar-refractivity contribution in [1.29, 1.82) is 0 Å². The second-order valence-electron chi connectivity index (χ2n) is 6.22. The summed E-state index contributed by atoms with van der Waals surface area (Å²) in [5.41, 5.74) is 0.861. The second kappa shape index (κ2) is 8.55. The summed E-state index contributed by atoms with van der Waals surface area (Å²) in [5.74, 6) is 0.649. The Balaban J connectivity index is 1.76. The van der Waals surface area contributed by atoms with E-state index in [1.54, 1.807) is 25.2 Å². The molecule has 0 radical (unpaired) electrons. The van der Waals surface area contributed by atoms with Gasteiger partial charge >= 0.3 is 5.82 Å². The van der Waals surface area contributed by atoms with Gasteiger partial charge in [0.25, 0.3) is 5.91 Å². The number of carbonyl (C=O) groups is 1. The van der Waals surface area contributed by atoms with Gasteiger partial charge in [-0.2, -0.15) is 0 Å². The summed E-state index contributed by atoms with van der Waals surface area (Å²) in [6.07, 6.45) is 2.92. The summed E-state index contributed by atoms with van der Waals surface area (Å²) in [4.78, 5) is 28.6. The lowest BCUT2D eigenvalue weighted by Gasteiger charge is -2.26. The fraction of sp³-hybridized carbons (Fsp3) is 0.368. The predicted octanol–water partition coefficient (Wildman–Crippen LogP) is 2.75. The molecule has 2 aromatic rings. The summed E-state index contributed by atoms with van der Waals surface area (Å²) in [5, 5.41) is 11.0. The zero-order valence-corrected chi connectivity index (χ0v) is 15.7. The molecule has 28 heavy (non-hydrogen) atoms. The monoisotopic (exact) mass is 387 g/mol. The zero-order chi connectivity index (χ0) is 20.1. The molecule has 0 N–H and O–H groups in total. The van der Waals surface area contributed by atoms with Crippen molar-refractivity contribution in [2.45, 2.75) is 18.9 Å². The minimum atomic E-state index is -0.639. The molecule has 0 saturated carbocycles. The van der Waals surface area contributed by atoms with Gasteiger partial charge in [-0.3, -0.25) is 4.79 Å². The van der Waals surface area contributed by atoms with E-state index < -0.39 is 10.7 Å². The zero-order valence-electron chi connectivity index (χ0n) is 15.7. The molecule has 1 aliphatic rings. The van der Waals surface area contributed by atoms with Crippen molar-refractivity contribution in [3.05, 3.63) is 52.2 Å². The number of carbonyl (C=O) groups excluding carboxylic acids is 1. The molecule has 1 saturated heterocycles. The van der Waals surface area contributed by atoms with Crippen molar-refractivity contribution >= 4 is 11.7 Å². The Hall–Kier alpha value is -3.36. The highest BCUT2D eigenvalue weighted by Gasteiger charge is 2.32. The molecule has 0 bridgehead atoms. The minimum Gasteiger partial charge on any atom is -0.497 e. The topological polar surface area (TPSA) is 104 Å². The number of benzene rings is 1. The maximum Gasteiger partial charge on any atom is 0.406 e. The first-order chi connectivity index (χ1) is 13.5. The van der Waals surface area contributed by atoms with E-state index in [-0.39, 0.29) is 24.3 Å². The van der Waals surface area contributed by atoms with Crippen LogP contribution in [0.15, 0.2) is 36.5 Å². The molecule has 1 aromatic carbocycles. The van der Waals surface area contributed by atoms with Crippen molar-refractivity contribution in [3.63, 3.8) is 0 Å². The lowest BCUT2D eigenvalue weighted by atomic mass is 10.0. The van der Waals surface area contributed by atoms with Gasteiger partial charge in [0.05, 0.1) is 20.3 Å². The number of methoxy groups -OCH3 is 2. The SMILES string of the molecule is COc1ccc(OC)c(C2CCCN2C(=O)COc2cccnc2[N+](=O)[O-])c1. The number of nitrogens with zero attached hydrogens (tertiary/aromatic N) is 3. The molecule has 0 spiro atoms. The minimum absolute atomic E-state index is 0.0319. The standard InChI is InChI=1S/C19H21N3O6/c1-26-13-7-8-16(27-2)14(11-13)15-5-4-10-21(15)18(23)12-28-17-6-3-9-20-19(17)22(24)25/h3,6-9,11,15H,4-5,10,12H2,1-2H3. The molecular weight excluding hydrogens is 366 g/mol. The van der Waals surface area contributed by atoms with E-state index in [2.05, 4.69) is 4.98 Å². The van der Waals surface area contributed by atoms with Crippen LogP contribution in [-0.4, -0.2) is 48.1 Å².